The summed E-state index contributed by atoms with van der Waals surface area (Å²) in [5.41, 5.74) is 0. The molecule has 0 aliphatic carbocycles. The predicted octanol–water partition coefficient (Wildman–Crippen LogP) is 0.317. The molecule has 0 spiro atoms. The van der Waals surface area contributed by atoms with Crippen molar-refractivity contribution < 1.29 is 13.2 Å². The van der Waals surface area contributed by atoms with Gasteiger partial charge in [0.1, 0.15) is 10.3 Å². The largest absolute Gasteiger partial charge is 0.352 e. The van der Waals surface area contributed by atoms with Crippen LogP contribution in [0.15, 0.2) is 17.3 Å². The second kappa shape index (κ2) is 6.33. The highest BCUT2D eigenvalue weighted by molar-refractivity contribution is 7.89. The van der Waals surface area contributed by atoms with Crippen molar-refractivity contribution in [1.29, 1.82) is 0 Å². The first-order chi connectivity index (χ1) is 9.80. The maximum atomic E-state index is 12.4. The Morgan fingerprint density at radius 3 is 2.57 bits per heavy atom. The van der Waals surface area contributed by atoms with Gasteiger partial charge in [0.15, 0.2) is 0 Å². The van der Waals surface area contributed by atoms with Gasteiger partial charge in [0.2, 0.25) is 15.9 Å². The fraction of sp³-hybridized carbons (Fsp3) is 0.667. The van der Waals surface area contributed by atoms with Gasteiger partial charge in [-0.25, -0.2) is 8.42 Å². The molecule has 7 nitrogen and oxygen atoms in total. The fourth-order valence-corrected chi connectivity index (χ4v) is 3.76. The molecule has 1 aliphatic rings. The van der Waals surface area contributed by atoms with E-state index in [0.717, 1.165) is 0 Å². The van der Waals surface area contributed by atoms with E-state index in [-0.39, 0.29) is 16.8 Å². The molecule has 1 saturated heterocycles. The number of aromatic nitrogens is 2. The minimum Gasteiger partial charge on any atom is -0.352 e. The van der Waals surface area contributed by atoms with Crippen molar-refractivity contribution in [2.24, 2.45) is 7.05 Å². The van der Waals surface area contributed by atoms with Gasteiger partial charge in [-0.3, -0.25) is 9.48 Å². The van der Waals surface area contributed by atoms with Crippen molar-refractivity contribution in [3.8, 4) is 0 Å². The molecule has 1 unspecified atom stereocenters. The third kappa shape index (κ3) is 3.75. The first-order valence-corrected chi connectivity index (χ1v) is 8.61. The normalized spacial score (nSPS) is 19.4. The van der Waals surface area contributed by atoms with E-state index < -0.39 is 15.4 Å². The highest BCUT2D eigenvalue weighted by atomic mass is 35.5. The van der Waals surface area contributed by atoms with Crippen LogP contribution in [0.3, 0.4) is 0 Å². The van der Waals surface area contributed by atoms with Crippen molar-refractivity contribution in [2.75, 3.05) is 13.1 Å². The molecular weight excluding hydrogens is 316 g/mol. The first kappa shape index (κ1) is 16.3. The zero-order chi connectivity index (χ0) is 15.6. The van der Waals surface area contributed by atoms with Crippen LogP contribution in [-0.2, 0) is 21.9 Å². The molecule has 1 atom stereocenters. The van der Waals surface area contributed by atoms with Gasteiger partial charge < -0.3 is 5.32 Å². The summed E-state index contributed by atoms with van der Waals surface area (Å²) in [6.07, 6.45) is 3.99. The van der Waals surface area contributed by atoms with Crippen LogP contribution in [0.1, 0.15) is 19.8 Å². The van der Waals surface area contributed by atoms with E-state index in [0.29, 0.717) is 25.9 Å². The number of alkyl halides is 1. The fourth-order valence-electron chi connectivity index (χ4n) is 2.24. The zero-order valence-corrected chi connectivity index (χ0v) is 13.6. The van der Waals surface area contributed by atoms with Crippen LogP contribution >= 0.6 is 11.6 Å². The number of carbonyl (C=O) groups is 1. The number of amides is 1. The van der Waals surface area contributed by atoms with E-state index in [9.17, 15) is 13.2 Å². The van der Waals surface area contributed by atoms with Crippen molar-refractivity contribution >= 4 is 27.5 Å². The lowest BCUT2D eigenvalue weighted by Gasteiger charge is -2.31. The Kier molecular flexibility index (Phi) is 4.90. The average molecular weight is 335 g/mol. The molecule has 118 valence electrons. The molecule has 1 amide bonds. The number of hydrogen-bond acceptors (Lipinski definition) is 4. The molecule has 2 rings (SSSR count). The lowest BCUT2D eigenvalue weighted by molar-refractivity contribution is -0.121. The smallest absolute Gasteiger partial charge is 0.246 e. The number of halogens is 1. The summed E-state index contributed by atoms with van der Waals surface area (Å²) in [4.78, 5) is 11.7. The van der Waals surface area contributed by atoms with Crippen LogP contribution in [0, 0.1) is 0 Å². The molecule has 0 bridgehead atoms. The molecule has 21 heavy (non-hydrogen) atoms. The Bertz CT molecular complexity index is 606. The van der Waals surface area contributed by atoms with Gasteiger partial charge in [-0.2, -0.15) is 9.40 Å². The minimum absolute atomic E-state index is 0.0287. The van der Waals surface area contributed by atoms with Gasteiger partial charge in [0, 0.05) is 32.4 Å². The predicted molar refractivity (Wildman–Crippen MR) is 78.4 cm³/mol. The van der Waals surface area contributed by atoms with E-state index in [1.54, 1.807) is 14.0 Å². The topological polar surface area (TPSA) is 84.3 Å². The van der Waals surface area contributed by atoms with Gasteiger partial charge in [-0.05, 0) is 19.8 Å². The maximum absolute atomic E-state index is 12.4. The number of carbonyl (C=O) groups excluding carboxylic acids is 1. The maximum Gasteiger partial charge on any atom is 0.246 e. The Labute approximate surface area is 129 Å². The standard InChI is InChI=1S/C12H19ClN4O3S/c1-9(13)12(18)15-10-3-5-17(6-4-10)21(19,20)11-7-14-16(2)8-11/h7-10H,3-6H2,1-2H3,(H,15,18). The third-order valence-electron chi connectivity index (χ3n) is 3.48. The summed E-state index contributed by atoms with van der Waals surface area (Å²) in [7, 11) is -1.82. The molecule has 1 aromatic heterocycles. The van der Waals surface area contributed by atoms with E-state index in [1.807, 2.05) is 0 Å². The molecule has 0 saturated carbocycles. The van der Waals surface area contributed by atoms with Crippen LogP contribution in [0.5, 0.6) is 0 Å². The van der Waals surface area contributed by atoms with Crippen molar-refractivity contribution in [3.05, 3.63) is 12.4 Å². The number of nitrogens with one attached hydrogen (secondary N) is 1. The lowest BCUT2D eigenvalue weighted by Crippen LogP contribution is -2.47. The Morgan fingerprint density at radius 1 is 1.48 bits per heavy atom. The van der Waals surface area contributed by atoms with Gasteiger partial charge in [0.05, 0.1) is 6.20 Å². The number of piperidine rings is 1. The van der Waals surface area contributed by atoms with Crippen molar-refractivity contribution in [3.63, 3.8) is 0 Å². The molecule has 0 radical (unpaired) electrons. The second-order valence-electron chi connectivity index (χ2n) is 5.15. The highest BCUT2D eigenvalue weighted by Crippen LogP contribution is 2.20. The second-order valence-corrected chi connectivity index (χ2v) is 7.75. The van der Waals surface area contributed by atoms with E-state index in [1.165, 1.54) is 21.4 Å². The van der Waals surface area contributed by atoms with E-state index in [4.69, 9.17) is 11.6 Å². The molecule has 1 fully saturated rings. The number of nitrogens with zero attached hydrogens (tertiary/aromatic N) is 3. The Morgan fingerprint density at radius 2 is 2.10 bits per heavy atom. The van der Waals surface area contributed by atoms with Gasteiger partial charge in [-0.15, -0.1) is 11.6 Å². The van der Waals surface area contributed by atoms with Crippen LogP contribution in [0.4, 0.5) is 0 Å². The van der Waals surface area contributed by atoms with Crippen molar-refractivity contribution in [2.45, 2.75) is 36.1 Å². The first-order valence-electron chi connectivity index (χ1n) is 6.74. The summed E-state index contributed by atoms with van der Waals surface area (Å²) in [5, 5.41) is 6.13. The molecule has 0 aromatic carbocycles. The van der Waals surface area contributed by atoms with Crippen LogP contribution in [-0.4, -0.2) is 52.9 Å². The highest BCUT2D eigenvalue weighted by Gasteiger charge is 2.31. The molecule has 1 N–H and O–H groups in total. The summed E-state index contributed by atoms with van der Waals surface area (Å²) in [6, 6.07) is -0.0287. The Balaban J connectivity index is 1.96. The quantitative estimate of drug-likeness (QED) is 0.803. The molecule has 1 aliphatic heterocycles. The van der Waals surface area contributed by atoms with Crippen LogP contribution in [0.25, 0.3) is 0 Å². The Hall–Kier alpha value is -1.12. The zero-order valence-electron chi connectivity index (χ0n) is 12.0. The van der Waals surface area contributed by atoms with E-state index in [2.05, 4.69) is 10.4 Å². The molecule has 2 heterocycles. The van der Waals surface area contributed by atoms with Crippen LogP contribution in [0.2, 0.25) is 0 Å². The summed E-state index contributed by atoms with van der Waals surface area (Å²) in [6.45, 7) is 2.36. The van der Waals surface area contributed by atoms with Gasteiger partial charge in [0.25, 0.3) is 0 Å². The van der Waals surface area contributed by atoms with Gasteiger partial charge in [-0.1, -0.05) is 0 Å². The van der Waals surface area contributed by atoms with E-state index >= 15 is 0 Å². The number of rotatable bonds is 4. The monoisotopic (exact) mass is 334 g/mol. The SMILES string of the molecule is CC(Cl)C(=O)NC1CCN(S(=O)(=O)c2cnn(C)c2)CC1. The minimum atomic E-state index is -3.50. The molecular formula is C12H19ClN4O3S. The molecule has 9 heteroatoms. The van der Waals surface area contributed by atoms with Crippen molar-refractivity contribution in [1.82, 2.24) is 19.4 Å². The summed E-state index contributed by atoms with van der Waals surface area (Å²) < 4.78 is 27.7. The summed E-state index contributed by atoms with van der Waals surface area (Å²) >= 11 is 5.70. The van der Waals surface area contributed by atoms with Crippen LogP contribution < -0.4 is 5.32 Å². The average Bonchev–Trinajstić information content (AvgIpc) is 2.86. The molecule has 1 aromatic rings. The lowest BCUT2D eigenvalue weighted by atomic mass is 10.1. The number of aryl methyl sites for hydroxylation is 1. The van der Waals surface area contributed by atoms with Gasteiger partial charge >= 0.3 is 0 Å². The summed E-state index contributed by atoms with van der Waals surface area (Å²) in [5.74, 6) is -0.217. The number of sulfonamides is 1. The number of hydrogen-bond donors (Lipinski definition) is 1. The third-order valence-corrected chi connectivity index (χ3v) is 5.53.